The van der Waals surface area contributed by atoms with E-state index in [-0.39, 0.29) is 12.5 Å². The lowest BCUT2D eigenvalue weighted by Gasteiger charge is -2.43. The highest BCUT2D eigenvalue weighted by molar-refractivity contribution is 4.92. The number of nitrogens with zero attached hydrogens (tertiary/aromatic N) is 1. The summed E-state index contributed by atoms with van der Waals surface area (Å²) in [6, 6.07) is -0.385. The molecule has 1 atom stereocenters. The molecule has 3 nitrogen and oxygen atoms in total. The molecule has 0 aliphatic rings. The van der Waals surface area contributed by atoms with Gasteiger partial charge in [0.15, 0.2) is 0 Å². The van der Waals surface area contributed by atoms with Gasteiger partial charge < -0.3 is 0 Å². The van der Waals surface area contributed by atoms with Crippen molar-refractivity contribution in [3.05, 3.63) is 0 Å². The van der Waals surface area contributed by atoms with E-state index < -0.39 is 18.1 Å². The van der Waals surface area contributed by atoms with Crippen molar-refractivity contribution in [1.29, 1.82) is 0 Å². The molecule has 0 fully saturated rings. The molecule has 0 aliphatic heterocycles. The Hall–Kier alpha value is -0.330. The highest BCUT2D eigenvalue weighted by Crippen LogP contribution is 2.27. The van der Waals surface area contributed by atoms with Crippen molar-refractivity contribution >= 4 is 0 Å². The molecule has 0 aromatic carbocycles. The second-order valence-electron chi connectivity index (χ2n) is 4.70. The maximum absolute atomic E-state index is 12.2. The molecule has 104 valence electrons. The van der Waals surface area contributed by atoms with Crippen molar-refractivity contribution in [3.8, 4) is 0 Å². The van der Waals surface area contributed by atoms with E-state index in [9.17, 15) is 13.2 Å². The first-order valence-corrected chi connectivity index (χ1v) is 5.97. The molecular formula is C11H24F3N3. The van der Waals surface area contributed by atoms with Gasteiger partial charge in [-0.05, 0) is 33.4 Å². The monoisotopic (exact) mass is 255 g/mol. The summed E-state index contributed by atoms with van der Waals surface area (Å²) in [5, 5.41) is 0. The first-order chi connectivity index (χ1) is 7.69. The fourth-order valence-electron chi connectivity index (χ4n) is 2.21. The normalized spacial score (nSPS) is 15.4. The third-order valence-electron chi connectivity index (χ3n) is 3.35. The molecule has 0 amide bonds. The number of halogens is 3. The summed E-state index contributed by atoms with van der Waals surface area (Å²) in [5.74, 6) is 5.39. The van der Waals surface area contributed by atoms with Gasteiger partial charge in [-0.25, -0.2) is 0 Å². The second-order valence-corrected chi connectivity index (χ2v) is 4.70. The summed E-state index contributed by atoms with van der Waals surface area (Å²) in [6.45, 7) is 9.38. The van der Waals surface area contributed by atoms with Crippen LogP contribution in [0, 0.1) is 0 Å². The summed E-state index contributed by atoms with van der Waals surface area (Å²) < 4.78 is 36.7. The van der Waals surface area contributed by atoms with Crippen LogP contribution in [0.1, 0.15) is 40.5 Å². The number of alkyl halides is 3. The lowest BCUT2D eigenvalue weighted by molar-refractivity contribution is -0.138. The molecule has 1 unspecified atom stereocenters. The maximum atomic E-state index is 12.2. The summed E-state index contributed by atoms with van der Waals surface area (Å²) in [4.78, 5) is 2.11. The third kappa shape index (κ3) is 5.23. The minimum atomic E-state index is -4.13. The second kappa shape index (κ2) is 6.56. The zero-order chi connectivity index (χ0) is 13.7. The number of nitrogens with two attached hydrogens (primary N) is 1. The lowest BCUT2D eigenvalue weighted by Crippen LogP contribution is -2.59. The molecule has 0 aromatic heterocycles. The van der Waals surface area contributed by atoms with Crippen LogP contribution in [0.3, 0.4) is 0 Å². The smallest absolute Gasteiger partial charge is 0.297 e. The molecular weight excluding hydrogens is 231 g/mol. The van der Waals surface area contributed by atoms with Crippen molar-refractivity contribution in [2.75, 3.05) is 13.1 Å². The number of nitrogens with one attached hydrogen (secondary N) is 1. The van der Waals surface area contributed by atoms with E-state index in [1.807, 2.05) is 27.7 Å². The Kier molecular flexibility index (Phi) is 6.43. The molecule has 6 heteroatoms. The quantitative estimate of drug-likeness (QED) is 0.541. The van der Waals surface area contributed by atoms with Crippen LogP contribution >= 0.6 is 0 Å². The van der Waals surface area contributed by atoms with E-state index in [0.29, 0.717) is 0 Å². The van der Waals surface area contributed by atoms with Crippen molar-refractivity contribution in [1.82, 2.24) is 10.3 Å². The topological polar surface area (TPSA) is 41.3 Å². The van der Waals surface area contributed by atoms with Gasteiger partial charge in [0, 0.05) is 18.0 Å². The summed E-state index contributed by atoms with van der Waals surface area (Å²) in [7, 11) is 0. The zero-order valence-corrected chi connectivity index (χ0v) is 11.1. The first-order valence-electron chi connectivity index (χ1n) is 5.97. The van der Waals surface area contributed by atoms with Crippen LogP contribution < -0.4 is 11.3 Å². The summed E-state index contributed by atoms with van der Waals surface area (Å²) >= 11 is 0. The Labute approximate surface area is 102 Å². The van der Waals surface area contributed by atoms with Gasteiger partial charge in [-0.15, -0.1) is 0 Å². The van der Waals surface area contributed by atoms with Crippen molar-refractivity contribution in [3.63, 3.8) is 0 Å². The number of hydrazine groups is 1. The number of hydrogen-bond donors (Lipinski definition) is 2. The van der Waals surface area contributed by atoms with Crippen molar-refractivity contribution < 1.29 is 13.2 Å². The van der Waals surface area contributed by atoms with Crippen LogP contribution in [0.2, 0.25) is 0 Å². The molecule has 3 N–H and O–H groups in total. The van der Waals surface area contributed by atoms with Gasteiger partial charge >= 0.3 is 6.18 Å². The standard InChI is InChI=1S/C11H24F3N3/c1-5-17(6-2)10(3,4)9(16-15)7-8-11(12,13)14/h9,16H,5-8,15H2,1-4H3. The maximum Gasteiger partial charge on any atom is 0.389 e. The zero-order valence-electron chi connectivity index (χ0n) is 11.1. The van der Waals surface area contributed by atoms with Gasteiger partial charge in [-0.1, -0.05) is 13.8 Å². The highest BCUT2D eigenvalue weighted by Gasteiger charge is 2.36. The predicted molar refractivity (Wildman–Crippen MR) is 63.4 cm³/mol. The van der Waals surface area contributed by atoms with Gasteiger partial charge in [0.2, 0.25) is 0 Å². The van der Waals surface area contributed by atoms with Crippen LogP contribution in [0.15, 0.2) is 0 Å². The molecule has 0 aliphatic carbocycles. The highest BCUT2D eigenvalue weighted by atomic mass is 19.4. The SMILES string of the molecule is CCN(CC)C(C)(C)C(CCC(F)(F)F)NN. The largest absolute Gasteiger partial charge is 0.389 e. The van der Waals surface area contributed by atoms with Gasteiger partial charge in [-0.2, -0.15) is 13.2 Å². The Morgan fingerprint density at radius 1 is 1.18 bits per heavy atom. The molecule has 0 bridgehead atoms. The van der Waals surface area contributed by atoms with Crippen LogP contribution in [0.4, 0.5) is 13.2 Å². The van der Waals surface area contributed by atoms with E-state index in [2.05, 4.69) is 10.3 Å². The molecule has 0 aromatic rings. The van der Waals surface area contributed by atoms with E-state index in [1.54, 1.807) is 0 Å². The Morgan fingerprint density at radius 3 is 1.94 bits per heavy atom. The predicted octanol–water partition coefficient (Wildman–Crippen LogP) is 2.28. The minimum absolute atomic E-state index is 0.0104. The van der Waals surface area contributed by atoms with Gasteiger partial charge in [0.1, 0.15) is 0 Å². The Balaban J connectivity index is 4.62. The Morgan fingerprint density at radius 2 is 1.65 bits per heavy atom. The average molecular weight is 255 g/mol. The van der Waals surface area contributed by atoms with Crippen molar-refractivity contribution in [2.45, 2.75) is 58.3 Å². The van der Waals surface area contributed by atoms with Crippen LogP contribution in [0.5, 0.6) is 0 Å². The average Bonchev–Trinajstić information content (AvgIpc) is 2.17. The molecule has 0 heterocycles. The van der Waals surface area contributed by atoms with E-state index >= 15 is 0 Å². The number of hydrogen-bond acceptors (Lipinski definition) is 3. The van der Waals surface area contributed by atoms with Crippen molar-refractivity contribution in [2.24, 2.45) is 5.84 Å². The summed E-state index contributed by atoms with van der Waals surface area (Å²) in [6.07, 6.45) is -4.95. The van der Waals surface area contributed by atoms with E-state index in [4.69, 9.17) is 5.84 Å². The number of likely N-dealkylation sites (N-methyl/N-ethyl adjacent to an activating group) is 1. The summed E-state index contributed by atoms with van der Waals surface area (Å²) in [5.41, 5.74) is 2.12. The third-order valence-corrected chi connectivity index (χ3v) is 3.35. The van der Waals surface area contributed by atoms with Gasteiger partial charge in [0.25, 0.3) is 0 Å². The molecule has 0 spiro atoms. The van der Waals surface area contributed by atoms with Gasteiger partial charge in [-0.3, -0.25) is 16.2 Å². The van der Waals surface area contributed by atoms with E-state index in [1.165, 1.54) is 0 Å². The van der Waals surface area contributed by atoms with Crippen LogP contribution in [-0.4, -0.2) is 35.7 Å². The van der Waals surface area contributed by atoms with Crippen LogP contribution in [-0.2, 0) is 0 Å². The molecule has 0 saturated carbocycles. The lowest BCUT2D eigenvalue weighted by atomic mass is 9.89. The molecule has 0 radical (unpaired) electrons. The molecule has 0 rings (SSSR count). The fourth-order valence-corrected chi connectivity index (χ4v) is 2.21. The number of rotatable bonds is 7. The van der Waals surface area contributed by atoms with Gasteiger partial charge in [0.05, 0.1) is 0 Å². The van der Waals surface area contributed by atoms with Crippen LogP contribution in [0.25, 0.3) is 0 Å². The molecule has 17 heavy (non-hydrogen) atoms. The molecule has 0 saturated heterocycles. The minimum Gasteiger partial charge on any atom is -0.297 e. The fraction of sp³-hybridized carbons (Fsp3) is 1.00. The Bertz CT molecular complexity index is 212. The van der Waals surface area contributed by atoms with E-state index in [0.717, 1.165) is 13.1 Å². The first kappa shape index (κ1) is 16.7.